The zero-order valence-electron chi connectivity index (χ0n) is 10.2. The number of carbonyl (C=O) groups excluding carboxylic acids is 1. The fourth-order valence-corrected chi connectivity index (χ4v) is 3.76. The van der Waals surface area contributed by atoms with E-state index < -0.39 is 10.8 Å². The minimum absolute atomic E-state index is 0.132. The molecule has 6 nitrogen and oxygen atoms in total. The smallest absolute Gasteiger partial charge is 0.297 e. The standard InChI is InChI=1S/C12H6ClN3O3S2/c13-9-6-3-1-2-4-7(6)20-10(9)11(17)15-12-14-5-8(21-12)16(18)19/h1-5H,(H,14,15,17). The molecule has 1 N–H and O–H groups in total. The van der Waals surface area contributed by atoms with Crippen LogP contribution >= 0.6 is 34.3 Å². The highest BCUT2D eigenvalue weighted by Gasteiger charge is 2.19. The molecule has 0 saturated heterocycles. The summed E-state index contributed by atoms with van der Waals surface area (Å²) in [5, 5.41) is 14.3. The van der Waals surface area contributed by atoms with Gasteiger partial charge >= 0.3 is 5.00 Å². The number of benzene rings is 1. The summed E-state index contributed by atoms with van der Waals surface area (Å²) in [4.78, 5) is 26.4. The van der Waals surface area contributed by atoms with Crippen LogP contribution in [0.2, 0.25) is 5.02 Å². The molecule has 0 aliphatic heterocycles. The van der Waals surface area contributed by atoms with E-state index in [-0.39, 0.29) is 10.1 Å². The van der Waals surface area contributed by atoms with Gasteiger partial charge in [0.15, 0.2) is 5.13 Å². The van der Waals surface area contributed by atoms with Gasteiger partial charge in [-0.3, -0.25) is 20.2 Å². The van der Waals surface area contributed by atoms with Gasteiger partial charge < -0.3 is 0 Å². The second kappa shape index (κ2) is 5.40. The van der Waals surface area contributed by atoms with Gasteiger partial charge in [-0.2, -0.15) is 0 Å². The van der Waals surface area contributed by atoms with E-state index in [0.717, 1.165) is 27.6 Å². The molecule has 0 spiro atoms. The number of halogens is 1. The van der Waals surface area contributed by atoms with Crippen molar-refractivity contribution in [2.75, 3.05) is 5.32 Å². The second-order valence-corrected chi connectivity index (χ2v) is 6.40. The van der Waals surface area contributed by atoms with E-state index >= 15 is 0 Å². The molecule has 9 heteroatoms. The molecule has 0 radical (unpaired) electrons. The van der Waals surface area contributed by atoms with Gasteiger partial charge in [0.2, 0.25) is 0 Å². The summed E-state index contributed by atoms with van der Waals surface area (Å²) in [6.45, 7) is 0. The number of rotatable bonds is 3. The molecule has 2 aromatic heterocycles. The summed E-state index contributed by atoms with van der Waals surface area (Å²) in [7, 11) is 0. The van der Waals surface area contributed by atoms with E-state index in [0.29, 0.717) is 9.90 Å². The Morgan fingerprint density at radius 1 is 1.33 bits per heavy atom. The van der Waals surface area contributed by atoms with E-state index in [9.17, 15) is 14.9 Å². The van der Waals surface area contributed by atoms with Gasteiger partial charge in [0.1, 0.15) is 11.1 Å². The van der Waals surface area contributed by atoms with Gasteiger partial charge in [0.05, 0.1) is 9.95 Å². The molecule has 0 aliphatic rings. The van der Waals surface area contributed by atoms with Crippen LogP contribution in [-0.2, 0) is 0 Å². The predicted molar refractivity (Wildman–Crippen MR) is 83.6 cm³/mol. The van der Waals surface area contributed by atoms with Crippen molar-refractivity contribution in [3.8, 4) is 0 Å². The lowest BCUT2D eigenvalue weighted by Crippen LogP contribution is -2.10. The van der Waals surface area contributed by atoms with Crippen LogP contribution < -0.4 is 5.32 Å². The zero-order chi connectivity index (χ0) is 15.0. The summed E-state index contributed by atoms with van der Waals surface area (Å²) in [6.07, 6.45) is 1.10. The highest BCUT2D eigenvalue weighted by atomic mass is 35.5. The summed E-state index contributed by atoms with van der Waals surface area (Å²) >= 11 is 8.26. The first-order chi connectivity index (χ1) is 10.1. The van der Waals surface area contributed by atoms with E-state index in [2.05, 4.69) is 10.3 Å². The van der Waals surface area contributed by atoms with Gasteiger partial charge in [0.25, 0.3) is 5.91 Å². The molecule has 2 heterocycles. The number of carbonyl (C=O) groups is 1. The Hall–Kier alpha value is -2.03. The van der Waals surface area contributed by atoms with E-state index in [1.165, 1.54) is 11.3 Å². The van der Waals surface area contributed by atoms with Crippen LogP contribution in [0.3, 0.4) is 0 Å². The van der Waals surface area contributed by atoms with Crippen molar-refractivity contribution in [2.24, 2.45) is 0 Å². The molecular formula is C12H6ClN3O3S2. The van der Waals surface area contributed by atoms with Crippen molar-refractivity contribution < 1.29 is 9.72 Å². The Morgan fingerprint density at radius 3 is 2.76 bits per heavy atom. The van der Waals surface area contributed by atoms with E-state index in [1.54, 1.807) is 0 Å². The Labute approximate surface area is 131 Å². The van der Waals surface area contributed by atoms with Crippen LogP contribution in [0.5, 0.6) is 0 Å². The van der Waals surface area contributed by atoms with Crippen LogP contribution in [0, 0.1) is 10.1 Å². The molecule has 3 rings (SSSR count). The molecule has 0 bridgehead atoms. The van der Waals surface area contributed by atoms with E-state index in [4.69, 9.17) is 11.6 Å². The molecule has 21 heavy (non-hydrogen) atoms. The third-order valence-electron chi connectivity index (χ3n) is 2.64. The Bertz CT molecular complexity index is 858. The molecule has 1 amide bonds. The maximum Gasteiger partial charge on any atom is 0.345 e. The number of fused-ring (bicyclic) bond motifs is 1. The predicted octanol–water partition coefficient (Wildman–Crippen LogP) is 4.17. The molecule has 0 atom stereocenters. The van der Waals surface area contributed by atoms with Crippen molar-refractivity contribution in [2.45, 2.75) is 0 Å². The SMILES string of the molecule is O=C(Nc1ncc([N+](=O)[O-])s1)c1sc2ccccc2c1Cl. The molecule has 0 fully saturated rings. The van der Waals surface area contributed by atoms with Gasteiger partial charge in [-0.25, -0.2) is 4.98 Å². The number of anilines is 1. The monoisotopic (exact) mass is 339 g/mol. The normalized spacial score (nSPS) is 10.7. The first-order valence-corrected chi connectivity index (χ1v) is 7.66. The van der Waals surface area contributed by atoms with Crippen molar-refractivity contribution in [1.82, 2.24) is 4.98 Å². The van der Waals surface area contributed by atoms with Gasteiger partial charge in [0, 0.05) is 10.1 Å². The maximum atomic E-state index is 12.2. The summed E-state index contributed by atoms with van der Waals surface area (Å²) in [5.74, 6) is -0.426. The number of hydrogen-bond donors (Lipinski definition) is 1. The second-order valence-electron chi connectivity index (χ2n) is 3.96. The molecule has 0 unspecified atom stereocenters. The van der Waals surface area contributed by atoms with Crippen LogP contribution in [-0.4, -0.2) is 15.8 Å². The fraction of sp³-hybridized carbons (Fsp3) is 0. The lowest BCUT2D eigenvalue weighted by molar-refractivity contribution is -0.380. The molecule has 1 aromatic carbocycles. The van der Waals surface area contributed by atoms with Crippen LogP contribution in [0.1, 0.15) is 9.67 Å². The minimum atomic E-state index is -0.556. The number of hydrogen-bond acceptors (Lipinski definition) is 6. The number of nitro groups is 1. The maximum absolute atomic E-state index is 12.2. The lowest BCUT2D eigenvalue weighted by Gasteiger charge is -1.98. The lowest BCUT2D eigenvalue weighted by atomic mass is 10.2. The fourth-order valence-electron chi connectivity index (χ4n) is 1.72. The van der Waals surface area contributed by atoms with Crippen molar-refractivity contribution in [3.05, 3.63) is 50.5 Å². The highest BCUT2D eigenvalue weighted by molar-refractivity contribution is 7.22. The van der Waals surface area contributed by atoms with Crippen molar-refractivity contribution >= 4 is 60.4 Å². The largest absolute Gasteiger partial charge is 0.345 e. The quantitative estimate of drug-likeness (QED) is 0.573. The summed E-state index contributed by atoms with van der Waals surface area (Å²) in [6, 6.07) is 7.41. The van der Waals surface area contributed by atoms with Crippen LogP contribution in [0.4, 0.5) is 10.1 Å². The van der Waals surface area contributed by atoms with Gasteiger partial charge in [-0.15, -0.1) is 11.3 Å². The number of thiophene rings is 1. The van der Waals surface area contributed by atoms with E-state index in [1.807, 2.05) is 24.3 Å². The zero-order valence-corrected chi connectivity index (χ0v) is 12.6. The topological polar surface area (TPSA) is 85.1 Å². The third-order valence-corrected chi connectivity index (χ3v) is 5.17. The first-order valence-electron chi connectivity index (χ1n) is 5.65. The molecule has 106 valence electrons. The average Bonchev–Trinajstić information content (AvgIpc) is 3.05. The number of amides is 1. The van der Waals surface area contributed by atoms with Gasteiger partial charge in [-0.1, -0.05) is 29.8 Å². The first kappa shape index (κ1) is 13.9. The number of aromatic nitrogens is 1. The number of nitrogens with one attached hydrogen (secondary N) is 1. The van der Waals surface area contributed by atoms with Gasteiger partial charge in [-0.05, 0) is 17.4 Å². The van der Waals surface area contributed by atoms with Crippen molar-refractivity contribution in [3.63, 3.8) is 0 Å². The van der Waals surface area contributed by atoms with Crippen molar-refractivity contribution in [1.29, 1.82) is 0 Å². The Balaban J connectivity index is 1.89. The third kappa shape index (κ3) is 2.60. The molecule has 0 saturated carbocycles. The minimum Gasteiger partial charge on any atom is -0.297 e. The summed E-state index contributed by atoms with van der Waals surface area (Å²) < 4.78 is 0.901. The highest BCUT2D eigenvalue weighted by Crippen LogP contribution is 2.36. The number of thiazole rings is 1. The average molecular weight is 340 g/mol. The van der Waals surface area contributed by atoms with Crippen LogP contribution in [0.15, 0.2) is 30.5 Å². The Kier molecular flexibility index (Phi) is 3.58. The van der Waals surface area contributed by atoms with Crippen LogP contribution in [0.25, 0.3) is 10.1 Å². The number of nitrogens with zero attached hydrogens (tertiary/aromatic N) is 2. The molecule has 3 aromatic rings. The molecular weight excluding hydrogens is 334 g/mol. The Morgan fingerprint density at radius 2 is 2.10 bits per heavy atom. The molecule has 0 aliphatic carbocycles. The summed E-state index contributed by atoms with van der Waals surface area (Å²) in [5.41, 5.74) is 0.